The molecule has 1 fully saturated rings. The molecule has 0 radical (unpaired) electrons. The van der Waals surface area contributed by atoms with Crippen LogP contribution in [0.2, 0.25) is 0 Å². The van der Waals surface area contributed by atoms with Crippen LogP contribution in [0.5, 0.6) is 0 Å². The Balaban J connectivity index is 2.29. The van der Waals surface area contributed by atoms with E-state index in [0.29, 0.717) is 11.4 Å². The average molecular weight is 204 g/mol. The minimum Gasteiger partial charge on any atom is -0.423 e. The van der Waals surface area contributed by atoms with E-state index in [1.54, 1.807) is 0 Å². The maximum Gasteiger partial charge on any atom is 0.488 e. The maximum atomic E-state index is 9.23. The zero-order valence-electron chi connectivity index (χ0n) is 9.11. The van der Waals surface area contributed by atoms with Gasteiger partial charge in [-0.25, -0.2) is 0 Å². The molecule has 15 heavy (non-hydrogen) atoms. The Bertz CT molecular complexity index is 343. The van der Waals surface area contributed by atoms with Gasteiger partial charge in [0.05, 0.1) is 0 Å². The van der Waals surface area contributed by atoms with Gasteiger partial charge in [0, 0.05) is 0 Å². The van der Waals surface area contributed by atoms with Gasteiger partial charge in [-0.1, -0.05) is 36.6 Å². The van der Waals surface area contributed by atoms with Gasteiger partial charge < -0.3 is 10.0 Å². The highest BCUT2D eigenvalue weighted by atomic mass is 16.4. The first-order valence-corrected chi connectivity index (χ1v) is 5.65. The topological polar surface area (TPSA) is 40.5 Å². The molecule has 0 bridgehead atoms. The summed E-state index contributed by atoms with van der Waals surface area (Å²) in [5, 5.41) is 18.5. The fourth-order valence-corrected chi connectivity index (χ4v) is 2.45. The van der Waals surface area contributed by atoms with Crippen LogP contribution in [0.15, 0.2) is 18.2 Å². The predicted octanol–water partition coefficient (Wildman–Crippen LogP) is 1.33. The summed E-state index contributed by atoms with van der Waals surface area (Å²) < 4.78 is 0. The molecule has 0 aromatic heterocycles. The quantitative estimate of drug-likeness (QED) is 0.713. The molecule has 1 aliphatic rings. The molecule has 80 valence electrons. The summed E-state index contributed by atoms with van der Waals surface area (Å²) in [7, 11) is -1.34. The van der Waals surface area contributed by atoms with Gasteiger partial charge in [-0.3, -0.25) is 0 Å². The van der Waals surface area contributed by atoms with Crippen molar-refractivity contribution >= 4 is 12.6 Å². The van der Waals surface area contributed by atoms with E-state index in [-0.39, 0.29) is 0 Å². The molecular weight excluding hydrogens is 187 g/mol. The van der Waals surface area contributed by atoms with Crippen LogP contribution in [0.3, 0.4) is 0 Å². The minimum atomic E-state index is -1.34. The summed E-state index contributed by atoms with van der Waals surface area (Å²) in [6.45, 7) is 1.91. The highest BCUT2D eigenvalue weighted by Crippen LogP contribution is 2.33. The fraction of sp³-hybridized carbons (Fsp3) is 0.500. The van der Waals surface area contributed by atoms with Crippen LogP contribution >= 0.6 is 0 Å². The van der Waals surface area contributed by atoms with E-state index < -0.39 is 7.12 Å². The number of aryl methyl sites for hydroxylation is 1. The van der Waals surface area contributed by atoms with Gasteiger partial charge in [0.15, 0.2) is 0 Å². The molecular formula is C12H17BO2. The van der Waals surface area contributed by atoms with Crippen LogP contribution in [0.25, 0.3) is 0 Å². The molecule has 2 N–H and O–H groups in total. The molecule has 0 spiro atoms. The lowest BCUT2D eigenvalue weighted by atomic mass is 9.75. The Morgan fingerprint density at radius 1 is 1.20 bits per heavy atom. The third-order valence-corrected chi connectivity index (χ3v) is 3.41. The number of benzene rings is 1. The van der Waals surface area contributed by atoms with Crippen molar-refractivity contribution in [3.63, 3.8) is 0 Å². The second-order valence-corrected chi connectivity index (χ2v) is 4.47. The summed E-state index contributed by atoms with van der Waals surface area (Å²) in [5.74, 6) is 0.628. The summed E-state index contributed by atoms with van der Waals surface area (Å²) in [6, 6.07) is 6.07. The van der Waals surface area contributed by atoms with Crippen LogP contribution < -0.4 is 5.46 Å². The lowest BCUT2D eigenvalue weighted by Crippen LogP contribution is -2.32. The largest absolute Gasteiger partial charge is 0.488 e. The second kappa shape index (κ2) is 4.37. The van der Waals surface area contributed by atoms with E-state index >= 15 is 0 Å². The van der Waals surface area contributed by atoms with Crippen LogP contribution in [-0.4, -0.2) is 17.2 Å². The minimum absolute atomic E-state index is 0.628. The predicted molar refractivity (Wildman–Crippen MR) is 62.2 cm³/mol. The Morgan fingerprint density at radius 3 is 2.47 bits per heavy atom. The van der Waals surface area contributed by atoms with Gasteiger partial charge in [0.1, 0.15) is 0 Å². The zero-order chi connectivity index (χ0) is 10.8. The van der Waals surface area contributed by atoms with Gasteiger partial charge in [-0.05, 0) is 36.7 Å². The summed E-state index contributed by atoms with van der Waals surface area (Å²) in [6.07, 6.45) is 5.08. The first-order valence-electron chi connectivity index (χ1n) is 5.65. The Morgan fingerprint density at radius 2 is 1.87 bits per heavy atom. The summed E-state index contributed by atoms with van der Waals surface area (Å²) >= 11 is 0. The van der Waals surface area contributed by atoms with E-state index in [0.717, 1.165) is 5.56 Å². The van der Waals surface area contributed by atoms with Crippen LogP contribution in [0.1, 0.15) is 42.7 Å². The molecule has 0 atom stereocenters. The van der Waals surface area contributed by atoms with Crippen molar-refractivity contribution in [2.45, 2.75) is 38.5 Å². The summed E-state index contributed by atoms with van der Waals surface area (Å²) in [4.78, 5) is 0. The van der Waals surface area contributed by atoms with Crippen molar-refractivity contribution in [1.82, 2.24) is 0 Å². The molecule has 0 heterocycles. The number of hydrogen-bond donors (Lipinski definition) is 2. The number of hydrogen-bond acceptors (Lipinski definition) is 2. The molecule has 0 saturated heterocycles. The zero-order valence-corrected chi connectivity index (χ0v) is 9.11. The van der Waals surface area contributed by atoms with Gasteiger partial charge in [-0.2, -0.15) is 0 Å². The first-order chi connectivity index (χ1) is 7.18. The lowest BCUT2D eigenvalue weighted by molar-refractivity contribution is 0.425. The standard InChI is InChI=1S/C12H17BO2/c1-9-6-7-11(8-12(9)13(14)15)10-4-2-3-5-10/h6-8,10,14-15H,2-5H2,1H3. The fourth-order valence-electron chi connectivity index (χ4n) is 2.45. The molecule has 2 rings (SSSR count). The summed E-state index contributed by atoms with van der Waals surface area (Å²) in [5.41, 5.74) is 2.87. The van der Waals surface area contributed by atoms with Crippen molar-refractivity contribution in [2.75, 3.05) is 0 Å². The lowest BCUT2D eigenvalue weighted by Gasteiger charge is -2.13. The van der Waals surface area contributed by atoms with Gasteiger partial charge in [0.25, 0.3) is 0 Å². The van der Waals surface area contributed by atoms with Gasteiger partial charge in [0.2, 0.25) is 0 Å². The third kappa shape index (κ3) is 2.24. The molecule has 0 aliphatic heterocycles. The van der Waals surface area contributed by atoms with Gasteiger partial charge >= 0.3 is 7.12 Å². The van der Waals surface area contributed by atoms with E-state index in [1.807, 2.05) is 19.1 Å². The Hall–Kier alpha value is -0.795. The van der Waals surface area contributed by atoms with Crippen LogP contribution in [-0.2, 0) is 0 Å². The molecule has 1 aromatic carbocycles. The van der Waals surface area contributed by atoms with Crippen molar-refractivity contribution < 1.29 is 10.0 Å². The normalized spacial score (nSPS) is 17.0. The number of rotatable bonds is 2. The SMILES string of the molecule is Cc1ccc(C2CCCC2)cc1B(O)O. The highest BCUT2D eigenvalue weighted by Gasteiger charge is 2.20. The van der Waals surface area contributed by atoms with Crippen molar-refractivity contribution in [3.8, 4) is 0 Å². The molecule has 3 heteroatoms. The highest BCUT2D eigenvalue weighted by molar-refractivity contribution is 6.59. The monoisotopic (exact) mass is 204 g/mol. The average Bonchev–Trinajstić information content (AvgIpc) is 2.71. The van der Waals surface area contributed by atoms with E-state index in [2.05, 4.69) is 6.07 Å². The second-order valence-electron chi connectivity index (χ2n) is 4.47. The van der Waals surface area contributed by atoms with Crippen LogP contribution in [0.4, 0.5) is 0 Å². The van der Waals surface area contributed by atoms with Crippen LogP contribution in [0, 0.1) is 6.92 Å². The molecule has 0 unspecified atom stereocenters. The van der Waals surface area contributed by atoms with E-state index in [4.69, 9.17) is 0 Å². The third-order valence-electron chi connectivity index (χ3n) is 3.41. The van der Waals surface area contributed by atoms with E-state index in [1.165, 1.54) is 31.2 Å². The molecule has 2 nitrogen and oxygen atoms in total. The van der Waals surface area contributed by atoms with E-state index in [9.17, 15) is 10.0 Å². The van der Waals surface area contributed by atoms with Crippen molar-refractivity contribution in [2.24, 2.45) is 0 Å². The van der Waals surface area contributed by atoms with Crippen molar-refractivity contribution in [3.05, 3.63) is 29.3 Å². The molecule has 1 aromatic rings. The molecule has 1 saturated carbocycles. The molecule has 1 aliphatic carbocycles. The Labute approximate surface area is 91.1 Å². The Kier molecular flexibility index (Phi) is 3.12. The van der Waals surface area contributed by atoms with Crippen molar-refractivity contribution in [1.29, 1.82) is 0 Å². The maximum absolute atomic E-state index is 9.23. The van der Waals surface area contributed by atoms with Gasteiger partial charge in [-0.15, -0.1) is 0 Å². The smallest absolute Gasteiger partial charge is 0.423 e. The molecule has 0 amide bonds. The first kappa shape index (κ1) is 10.7.